The molecule has 4 rings (SSSR count). The van der Waals surface area contributed by atoms with Crippen LogP contribution in [-0.4, -0.2) is 86.9 Å². The number of sulfonamides is 1. The Morgan fingerprint density at radius 1 is 1.04 bits per heavy atom. The van der Waals surface area contributed by atoms with E-state index in [-0.39, 0.29) is 36.6 Å². The molecule has 2 aromatic carbocycles. The molecule has 1 saturated heterocycles. The monoisotopic (exact) mass is 655 g/mol. The molecule has 11 nitrogen and oxygen atoms in total. The Hall–Kier alpha value is -3.64. The topological polar surface area (TPSA) is 139 Å². The molecule has 0 radical (unpaired) electrons. The average molecular weight is 656 g/mol. The predicted octanol–water partition coefficient (Wildman–Crippen LogP) is 4.06. The Balaban J connectivity index is 1.62. The number of hydrogen-bond acceptors (Lipinski definition) is 6. The lowest BCUT2D eigenvalue weighted by Crippen LogP contribution is -2.53. The van der Waals surface area contributed by atoms with Gasteiger partial charge < -0.3 is 25.5 Å². The first kappa shape index (κ1) is 35.2. The minimum Gasteiger partial charge on any atom is -0.389 e. The lowest BCUT2D eigenvalue weighted by atomic mass is 9.96. The number of hydrogen-bond donors (Lipinski definition) is 3. The number of rotatable bonds is 14. The van der Waals surface area contributed by atoms with Crippen molar-refractivity contribution in [2.75, 3.05) is 41.6 Å². The number of likely N-dealkylation sites (N-methyl/N-ethyl adjacent to an activating group) is 1. The number of benzene rings is 2. The second kappa shape index (κ2) is 16.3. The summed E-state index contributed by atoms with van der Waals surface area (Å²) in [5, 5.41) is 17.6. The molecule has 1 aliphatic heterocycles. The summed E-state index contributed by atoms with van der Waals surface area (Å²) in [7, 11) is -3.67. The molecule has 2 atom stereocenters. The Morgan fingerprint density at radius 2 is 1.76 bits per heavy atom. The van der Waals surface area contributed by atoms with Crippen LogP contribution in [0, 0.1) is 0 Å². The molecule has 0 bridgehead atoms. The summed E-state index contributed by atoms with van der Waals surface area (Å²) in [6.45, 7) is 4.80. The molecule has 3 N–H and O–H groups in total. The molecule has 12 heteroatoms. The van der Waals surface area contributed by atoms with Gasteiger partial charge in [0.1, 0.15) is 0 Å². The molecule has 1 heterocycles. The smallest absolute Gasteiger partial charge is 0.317 e. The molecular formula is C34H49N5O6S. The van der Waals surface area contributed by atoms with E-state index in [4.69, 9.17) is 0 Å². The van der Waals surface area contributed by atoms with Crippen LogP contribution in [0.3, 0.4) is 0 Å². The van der Waals surface area contributed by atoms with Crippen molar-refractivity contribution in [3.8, 4) is 0 Å². The highest BCUT2D eigenvalue weighted by atomic mass is 32.2. The van der Waals surface area contributed by atoms with Crippen LogP contribution in [0.25, 0.3) is 0 Å². The van der Waals surface area contributed by atoms with Crippen molar-refractivity contribution in [1.82, 2.24) is 15.5 Å². The van der Waals surface area contributed by atoms with Crippen molar-refractivity contribution in [3.63, 3.8) is 0 Å². The molecule has 252 valence electrons. The summed E-state index contributed by atoms with van der Waals surface area (Å²) in [4.78, 5) is 42.9. The van der Waals surface area contributed by atoms with Gasteiger partial charge in [-0.05, 0) is 62.8 Å². The maximum absolute atomic E-state index is 13.9. The lowest BCUT2D eigenvalue weighted by molar-refractivity contribution is -0.117. The van der Waals surface area contributed by atoms with E-state index in [0.717, 1.165) is 37.5 Å². The van der Waals surface area contributed by atoms with Gasteiger partial charge in [-0.15, -0.1) is 0 Å². The van der Waals surface area contributed by atoms with Crippen LogP contribution >= 0.6 is 0 Å². The molecule has 0 spiro atoms. The van der Waals surface area contributed by atoms with E-state index < -0.39 is 28.1 Å². The number of nitrogens with one attached hydrogen (secondary N) is 2. The lowest BCUT2D eigenvalue weighted by Gasteiger charge is -2.32. The van der Waals surface area contributed by atoms with E-state index in [1.54, 1.807) is 21.9 Å². The first-order chi connectivity index (χ1) is 22.0. The van der Waals surface area contributed by atoms with E-state index in [0.29, 0.717) is 50.1 Å². The van der Waals surface area contributed by atoms with Crippen LogP contribution in [0.2, 0.25) is 0 Å². The van der Waals surface area contributed by atoms with E-state index in [1.807, 2.05) is 44.2 Å². The zero-order chi connectivity index (χ0) is 33.3. The van der Waals surface area contributed by atoms with Crippen LogP contribution in [0.4, 0.5) is 16.2 Å². The second-order valence-electron chi connectivity index (χ2n) is 12.4. The van der Waals surface area contributed by atoms with E-state index >= 15 is 0 Å². The van der Waals surface area contributed by atoms with E-state index in [2.05, 4.69) is 10.6 Å². The summed E-state index contributed by atoms with van der Waals surface area (Å²) in [6.07, 6.45) is 7.14. The molecule has 1 saturated carbocycles. The highest BCUT2D eigenvalue weighted by Crippen LogP contribution is 2.30. The normalized spacial score (nSPS) is 17.0. The number of aliphatic hydroxyl groups is 1. The van der Waals surface area contributed by atoms with Gasteiger partial charge in [0.2, 0.25) is 15.9 Å². The summed E-state index contributed by atoms with van der Waals surface area (Å²) < 4.78 is 26.8. The molecule has 4 amide bonds. The van der Waals surface area contributed by atoms with Crippen molar-refractivity contribution in [3.05, 3.63) is 59.7 Å². The van der Waals surface area contributed by atoms with Crippen LogP contribution in [0.1, 0.15) is 81.1 Å². The maximum atomic E-state index is 13.9. The van der Waals surface area contributed by atoms with Gasteiger partial charge in [-0.1, -0.05) is 56.5 Å². The minimum atomic E-state index is -3.67. The van der Waals surface area contributed by atoms with Crippen molar-refractivity contribution in [1.29, 1.82) is 0 Å². The van der Waals surface area contributed by atoms with Gasteiger partial charge in [-0.25, -0.2) is 13.2 Å². The standard InChI is InChI=1S/C34H49N5O6S/c1-4-18-39(46(3,44)45)29-22-26(21-28(23-29)38-19-12-17-32(38)41)33(42)36-30(20-25-13-8-6-9-14-25)31(40)24-37(5-2)34(43)35-27-15-10-7-11-16-27/h6,8-9,13-14,21-23,27,30-31,40H,4-5,7,10-12,15-20,24H2,1-3H3,(H,35,43)(H,36,42). The third kappa shape index (κ3) is 9.45. The van der Waals surface area contributed by atoms with Crippen molar-refractivity contribution < 1.29 is 27.9 Å². The van der Waals surface area contributed by atoms with Gasteiger partial charge >= 0.3 is 6.03 Å². The molecular weight excluding hydrogens is 606 g/mol. The molecule has 2 unspecified atom stereocenters. The zero-order valence-electron chi connectivity index (χ0n) is 27.3. The Labute approximate surface area is 273 Å². The molecule has 0 aromatic heterocycles. The number of aliphatic hydroxyl groups excluding tert-OH is 1. The Kier molecular flexibility index (Phi) is 12.5. The van der Waals surface area contributed by atoms with Gasteiger partial charge in [0, 0.05) is 43.3 Å². The highest BCUT2D eigenvalue weighted by molar-refractivity contribution is 7.92. The fraction of sp³-hybridized carbons (Fsp3) is 0.559. The second-order valence-corrected chi connectivity index (χ2v) is 14.3. The van der Waals surface area contributed by atoms with Gasteiger partial charge in [0.25, 0.3) is 5.91 Å². The van der Waals surface area contributed by atoms with Crippen LogP contribution in [-0.2, 0) is 21.2 Å². The zero-order valence-corrected chi connectivity index (χ0v) is 28.1. The van der Waals surface area contributed by atoms with E-state index in [9.17, 15) is 27.9 Å². The minimum absolute atomic E-state index is 0.0127. The van der Waals surface area contributed by atoms with Crippen LogP contribution in [0.5, 0.6) is 0 Å². The Morgan fingerprint density at radius 3 is 2.37 bits per heavy atom. The van der Waals surface area contributed by atoms with Gasteiger partial charge in [0.05, 0.1) is 30.6 Å². The first-order valence-electron chi connectivity index (χ1n) is 16.5. The molecule has 2 aromatic rings. The van der Waals surface area contributed by atoms with Crippen molar-refractivity contribution >= 4 is 39.2 Å². The molecule has 2 fully saturated rings. The third-order valence-corrected chi connectivity index (χ3v) is 9.95. The molecule has 46 heavy (non-hydrogen) atoms. The molecule has 1 aliphatic carbocycles. The number of nitrogens with zero attached hydrogens (tertiary/aromatic N) is 3. The number of urea groups is 1. The largest absolute Gasteiger partial charge is 0.389 e. The summed E-state index contributed by atoms with van der Waals surface area (Å²) in [6, 6.07) is 13.3. The third-order valence-electron chi connectivity index (χ3n) is 8.75. The quantitative estimate of drug-likeness (QED) is 0.281. The predicted molar refractivity (Wildman–Crippen MR) is 181 cm³/mol. The summed E-state index contributed by atoms with van der Waals surface area (Å²) >= 11 is 0. The Bertz CT molecular complexity index is 1450. The van der Waals surface area contributed by atoms with Gasteiger partial charge in [0.15, 0.2) is 0 Å². The van der Waals surface area contributed by atoms with Crippen LogP contribution in [0.15, 0.2) is 48.5 Å². The maximum Gasteiger partial charge on any atom is 0.317 e. The number of amides is 4. The molecule has 2 aliphatic rings. The van der Waals surface area contributed by atoms with E-state index in [1.165, 1.54) is 16.8 Å². The summed E-state index contributed by atoms with van der Waals surface area (Å²) in [5.74, 6) is -0.608. The fourth-order valence-corrected chi connectivity index (χ4v) is 7.26. The average Bonchev–Trinajstić information content (AvgIpc) is 3.47. The SMILES string of the molecule is CCCN(c1cc(C(=O)NC(Cc2ccccc2)C(O)CN(CC)C(=O)NC2CCCCC2)cc(N2CCCC2=O)c1)S(C)(=O)=O. The number of carbonyl (C=O) groups excluding carboxylic acids is 3. The van der Waals surface area contributed by atoms with Crippen molar-refractivity contribution in [2.24, 2.45) is 0 Å². The van der Waals surface area contributed by atoms with Crippen molar-refractivity contribution in [2.45, 2.75) is 89.8 Å². The highest BCUT2D eigenvalue weighted by Gasteiger charge is 2.29. The number of carbonyl (C=O) groups is 3. The van der Waals surface area contributed by atoms with Gasteiger partial charge in [-0.2, -0.15) is 0 Å². The van der Waals surface area contributed by atoms with Crippen LogP contribution < -0.4 is 19.8 Å². The summed E-state index contributed by atoms with van der Waals surface area (Å²) in [5.41, 5.74) is 1.81. The van der Waals surface area contributed by atoms with Gasteiger partial charge in [-0.3, -0.25) is 13.9 Å². The number of anilines is 2. The first-order valence-corrected chi connectivity index (χ1v) is 18.4. The fourth-order valence-electron chi connectivity index (χ4n) is 6.26.